The van der Waals surface area contributed by atoms with Gasteiger partial charge in [-0.3, -0.25) is 4.79 Å². The molecule has 0 fully saturated rings. The van der Waals surface area contributed by atoms with Crippen LogP contribution in [0.2, 0.25) is 10.0 Å². The summed E-state index contributed by atoms with van der Waals surface area (Å²) in [5.74, 6) is -0.00637. The van der Waals surface area contributed by atoms with Crippen molar-refractivity contribution >= 4 is 44.8 Å². The second-order valence-electron chi connectivity index (χ2n) is 5.31. The number of likely N-dealkylation sites (N-methyl/N-ethyl adjacent to an activating group) is 1. The first-order chi connectivity index (χ1) is 12.3. The predicted molar refractivity (Wildman–Crippen MR) is 103 cm³/mol. The SMILES string of the molecule is CCOc1ccccc1NC(=O)CN(C)S(=O)(=O)c1cc(Cl)ccc1Cl. The number of nitrogens with zero attached hydrogens (tertiary/aromatic N) is 1. The molecule has 6 nitrogen and oxygen atoms in total. The van der Waals surface area contributed by atoms with Crippen LogP contribution in [0, 0.1) is 0 Å². The predicted octanol–water partition coefficient (Wildman–Crippen LogP) is 3.65. The number of hydrogen-bond donors (Lipinski definition) is 1. The van der Waals surface area contributed by atoms with E-state index in [0.29, 0.717) is 18.0 Å². The minimum absolute atomic E-state index is 0.0309. The van der Waals surface area contributed by atoms with E-state index in [9.17, 15) is 13.2 Å². The third-order valence-corrected chi connectivity index (χ3v) is 5.93. The van der Waals surface area contributed by atoms with Gasteiger partial charge in [-0.2, -0.15) is 4.31 Å². The van der Waals surface area contributed by atoms with E-state index in [1.54, 1.807) is 24.3 Å². The summed E-state index contributed by atoms with van der Waals surface area (Å²) in [6.45, 7) is 1.87. The van der Waals surface area contributed by atoms with E-state index in [4.69, 9.17) is 27.9 Å². The van der Waals surface area contributed by atoms with Crippen molar-refractivity contribution in [3.8, 4) is 5.75 Å². The van der Waals surface area contributed by atoms with Crippen molar-refractivity contribution < 1.29 is 17.9 Å². The van der Waals surface area contributed by atoms with Gasteiger partial charge in [0, 0.05) is 12.1 Å². The molecule has 2 aromatic rings. The average molecular weight is 417 g/mol. The number of hydrogen-bond acceptors (Lipinski definition) is 4. The Bertz CT molecular complexity index is 903. The number of nitrogens with one attached hydrogen (secondary N) is 1. The maximum absolute atomic E-state index is 12.6. The van der Waals surface area contributed by atoms with Gasteiger partial charge in [-0.05, 0) is 37.3 Å². The number of halogens is 2. The van der Waals surface area contributed by atoms with Crippen molar-refractivity contribution in [3.63, 3.8) is 0 Å². The fraction of sp³-hybridized carbons (Fsp3) is 0.235. The molecule has 0 aliphatic heterocycles. The van der Waals surface area contributed by atoms with Crippen molar-refractivity contribution in [2.24, 2.45) is 0 Å². The van der Waals surface area contributed by atoms with Crippen molar-refractivity contribution in [2.75, 3.05) is 25.5 Å². The van der Waals surface area contributed by atoms with Crippen LogP contribution in [0.5, 0.6) is 5.75 Å². The Morgan fingerprint density at radius 1 is 1.19 bits per heavy atom. The smallest absolute Gasteiger partial charge is 0.244 e. The van der Waals surface area contributed by atoms with Gasteiger partial charge in [0.25, 0.3) is 0 Å². The summed E-state index contributed by atoms with van der Waals surface area (Å²) in [7, 11) is -2.68. The Kier molecular flexibility index (Phi) is 6.88. The van der Waals surface area contributed by atoms with Crippen LogP contribution in [0.15, 0.2) is 47.4 Å². The normalized spacial score (nSPS) is 11.4. The lowest BCUT2D eigenvalue weighted by molar-refractivity contribution is -0.116. The van der Waals surface area contributed by atoms with Gasteiger partial charge >= 0.3 is 0 Å². The van der Waals surface area contributed by atoms with Gasteiger partial charge in [-0.25, -0.2) is 8.42 Å². The van der Waals surface area contributed by atoms with Crippen molar-refractivity contribution in [1.29, 1.82) is 0 Å². The van der Waals surface area contributed by atoms with E-state index in [1.807, 2.05) is 6.92 Å². The molecule has 0 bridgehead atoms. The third-order valence-electron chi connectivity index (χ3n) is 3.41. The number of para-hydroxylation sites is 2. The first-order valence-electron chi connectivity index (χ1n) is 7.68. The maximum Gasteiger partial charge on any atom is 0.244 e. The Hall–Kier alpha value is -1.80. The molecule has 0 aromatic heterocycles. The molecule has 2 aromatic carbocycles. The molecule has 0 spiro atoms. The number of anilines is 1. The molecule has 0 saturated heterocycles. The van der Waals surface area contributed by atoms with Gasteiger partial charge in [0.2, 0.25) is 15.9 Å². The number of carbonyl (C=O) groups is 1. The molecule has 26 heavy (non-hydrogen) atoms. The minimum atomic E-state index is -3.97. The zero-order valence-corrected chi connectivity index (χ0v) is 16.5. The number of ether oxygens (including phenoxy) is 1. The highest BCUT2D eigenvalue weighted by atomic mass is 35.5. The zero-order valence-electron chi connectivity index (χ0n) is 14.2. The van der Waals surface area contributed by atoms with Crippen molar-refractivity contribution in [3.05, 3.63) is 52.5 Å². The number of carbonyl (C=O) groups excluding carboxylic acids is 1. The molecule has 0 radical (unpaired) electrons. The number of amides is 1. The molecule has 140 valence electrons. The third kappa shape index (κ3) is 4.88. The van der Waals surface area contributed by atoms with Gasteiger partial charge in [0.05, 0.1) is 23.9 Å². The zero-order chi connectivity index (χ0) is 19.3. The highest BCUT2D eigenvalue weighted by Gasteiger charge is 2.26. The van der Waals surface area contributed by atoms with Crippen LogP contribution in [-0.2, 0) is 14.8 Å². The summed E-state index contributed by atoms with van der Waals surface area (Å²) in [6.07, 6.45) is 0. The summed E-state index contributed by atoms with van der Waals surface area (Å²) in [5, 5.41) is 2.91. The van der Waals surface area contributed by atoms with Crippen LogP contribution in [0.1, 0.15) is 6.92 Å². The molecule has 0 unspecified atom stereocenters. The van der Waals surface area contributed by atoms with Crippen LogP contribution in [0.4, 0.5) is 5.69 Å². The first-order valence-corrected chi connectivity index (χ1v) is 9.88. The van der Waals surface area contributed by atoms with Gasteiger partial charge < -0.3 is 10.1 Å². The van der Waals surface area contributed by atoms with E-state index in [2.05, 4.69) is 5.32 Å². The van der Waals surface area contributed by atoms with Crippen LogP contribution >= 0.6 is 23.2 Å². The number of rotatable bonds is 7. The molecular formula is C17H18Cl2N2O4S. The summed E-state index contributed by atoms with van der Waals surface area (Å²) in [6, 6.07) is 11.0. The molecule has 0 aliphatic rings. The fourth-order valence-corrected chi connectivity index (χ4v) is 4.03. The maximum atomic E-state index is 12.6. The Morgan fingerprint density at radius 2 is 1.88 bits per heavy atom. The van der Waals surface area contributed by atoms with E-state index in [1.165, 1.54) is 25.2 Å². The quantitative estimate of drug-likeness (QED) is 0.746. The van der Waals surface area contributed by atoms with Gasteiger partial charge in [-0.15, -0.1) is 0 Å². The van der Waals surface area contributed by atoms with Crippen LogP contribution in [0.3, 0.4) is 0 Å². The van der Waals surface area contributed by atoms with Gasteiger partial charge in [-0.1, -0.05) is 35.3 Å². The Labute approximate surface area is 162 Å². The van der Waals surface area contributed by atoms with Crippen LogP contribution in [0.25, 0.3) is 0 Å². The van der Waals surface area contributed by atoms with Crippen LogP contribution in [-0.4, -0.2) is 38.8 Å². The molecule has 0 heterocycles. The second-order valence-corrected chi connectivity index (χ2v) is 8.17. The lowest BCUT2D eigenvalue weighted by atomic mass is 10.3. The summed E-state index contributed by atoms with van der Waals surface area (Å²) in [5.41, 5.74) is 0.464. The highest BCUT2D eigenvalue weighted by Crippen LogP contribution is 2.27. The summed E-state index contributed by atoms with van der Waals surface area (Å²) in [4.78, 5) is 12.1. The van der Waals surface area contributed by atoms with Crippen molar-refractivity contribution in [1.82, 2.24) is 4.31 Å². The summed E-state index contributed by atoms with van der Waals surface area (Å²) >= 11 is 11.8. The topological polar surface area (TPSA) is 75.7 Å². The van der Waals surface area contributed by atoms with Gasteiger partial charge in [0.15, 0.2) is 0 Å². The van der Waals surface area contributed by atoms with E-state index in [0.717, 1.165) is 4.31 Å². The molecule has 0 saturated carbocycles. The standard InChI is InChI=1S/C17H18Cl2N2O4S/c1-3-25-15-7-5-4-6-14(15)20-17(22)11-21(2)26(23,24)16-10-12(18)8-9-13(16)19/h4-10H,3,11H2,1-2H3,(H,20,22). The summed E-state index contributed by atoms with van der Waals surface area (Å²) < 4.78 is 31.6. The van der Waals surface area contributed by atoms with E-state index in [-0.39, 0.29) is 14.9 Å². The first kappa shape index (κ1) is 20.5. The Balaban J connectivity index is 2.15. The lowest BCUT2D eigenvalue weighted by Crippen LogP contribution is -2.35. The Morgan fingerprint density at radius 3 is 2.58 bits per heavy atom. The molecule has 9 heteroatoms. The second kappa shape index (κ2) is 8.73. The minimum Gasteiger partial charge on any atom is -0.492 e. The van der Waals surface area contributed by atoms with Crippen LogP contribution < -0.4 is 10.1 Å². The van der Waals surface area contributed by atoms with Gasteiger partial charge in [0.1, 0.15) is 10.6 Å². The van der Waals surface area contributed by atoms with Crippen molar-refractivity contribution in [2.45, 2.75) is 11.8 Å². The number of benzene rings is 2. The largest absolute Gasteiger partial charge is 0.492 e. The lowest BCUT2D eigenvalue weighted by Gasteiger charge is -2.18. The fourth-order valence-electron chi connectivity index (χ4n) is 2.17. The monoisotopic (exact) mass is 416 g/mol. The average Bonchev–Trinajstić information content (AvgIpc) is 2.58. The number of sulfonamides is 1. The highest BCUT2D eigenvalue weighted by molar-refractivity contribution is 7.89. The molecular weight excluding hydrogens is 399 g/mol. The molecule has 1 amide bonds. The molecule has 1 N–H and O–H groups in total. The molecule has 0 atom stereocenters. The molecule has 2 rings (SSSR count). The molecule has 0 aliphatic carbocycles. The van der Waals surface area contributed by atoms with E-state index >= 15 is 0 Å². The van der Waals surface area contributed by atoms with E-state index < -0.39 is 22.5 Å².